The zero-order valence-corrected chi connectivity index (χ0v) is 10.8. The number of morpholine rings is 1. The Morgan fingerprint density at radius 3 is 2.72 bits per heavy atom. The van der Waals surface area contributed by atoms with Crippen molar-refractivity contribution in [3.05, 3.63) is 23.8 Å². The van der Waals surface area contributed by atoms with Crippen LogP contribution in [0.3, 0.4) is 0 Å². The average Bonchev–Trinajstić information content (AvgIpc) is 2.27. The molecule has 0 bridgehead atoms. The zero-order valence-electron chi connectivity index (χ0n) is 10.8. The Labute approximate surface area is 107 Å². The van der Waals surface area contributed by atoms with Gasteiger partial charge in [-0.3, -0.25) is 4.79 Å². The Hall–Kier alpha value is -1.75. The fraction of sp³-hybridized carbons (Fsp3) is 0.462. The minimum absolute atomic E-state index is 0.0659. The van der Waals surface area contributed by atoms with Gasteiger partial charge in [0.1, 0.15) is 0 Å². The van der Waals surface area contributed by atoms with E-state index in [2.05, 4.69) is 0 Å². The Balaban J connectivity index is 2.20. The largest absolute Gasteiger partial charge is 0.399 e. The summed E-state index contributed by atoms with van der Waals surface area (Å²) in [6, 6.07) is 4.98. The molecule has 0 unspecified atom stereocenters. The number of nitrogens with two attached hydrogens (primary N) is 2. The Morgan fingerprint density at radius 1 is 1.39 bits per heavy atom. The smallest absolute Gasteiger partial charge is 0.256 e. The van der Waals surface area contributed by atoms with Crippen molar-refractivity contribution in [2.24, 2.45) is 0 Å². The van der Waals surface area contributed by atoms with Gasteiger partial charge in [0.05, 0.1) is 17.8 Å². The molecule has 0 radical (unpaired) electrons. The lowest BCUT2D eigenvalue weighted by molar-refractivity contribution is -0.0763. The van der Waals surface area contributed by atoms with E-state index < -0.39 is 0 Å². The van der Waals surface area contributed by atoms with Gasteiger partial charge < -0.3 is 21.1 Å². The van der Waals surface area contributed by atoms with Crippen molar-refractivity contribution in [3.8, 4) is 0 Å². The molecule has 5 heteroatoms. The minimum atomic E-state index is -0.309. The first kappa shape index (κ1) is 12.7. The first-order valence-corrected chi connectivity index (χ1v) is 5.97. The lowest BCUT2D eigenvalue weighted by Gasteiger charge is -2.38. The number of nitrogens with zero attached hydrogens (tertiary/aromatic N) is 1. The summed E-state index contributed by atoms with van der Waals surface area (Å²) in [5.41, 5.74) is 12.6. The summed E-state index contributed by atoms with van der Waals surface area (Å²) < 4.78 is 5.59. The molecule has 98 valence electrons. The maximum absolute atomic E-state index is 12.4. The molecule has 1 aliphatic heterocycles. The van der Waals surface area contributed by atoms with Crippen LogP contribution in [-0.4, -0.2) is 36.1 Å². The number of carbonyl (C=O) groups excluding carboxylic acids is 1. The lowest BCUT2D eigenvalue weighted by atomic mass is 10.1. The summed E-state index contributed by atoms with van der Waals surface area (Å²) in [4.78, 5) is 14.1. The molecule has 1 aromatic rings. The first-order chi connectivity index (χ1) is 8.39. The highest BCUT2D eigenvalue weighted by Gasteiger charge is 2.30. The number of nitrogen functional groups attached to an aromatic ring is 2. The van der Waals surface area contributed by atoms with Gasteiger partial charge in [0, 0.05) is 24.5 Å². The third-order valence-corrected chi connectivity index (χ3v) is 3.02. The average molecular weight is 249 g/mol. The predicted molar refractivity (Wildman–Crippen MR) is 71.2 cm³/mol. The van der Waals surface area contributed by atoms with E-state index in [9.17, 15) is 4.79 Å². The maximum atomic E-state index is 12.4. The van der Waals surface area contributed by atoms with E-state index in [0.717, 1.165) is 0 Å². The van der Waals surface area contributed by atoms with Crippen molar-refractivity contribution < 1.29 is 9.53 Å². The van der Waals surface area contributed by atoms with E-state index in [1.807, 2.05) is 13.8 Å². The van der Waals surface area contributed by atoms with Crippen LogP contribution >= 0.6 is 0 Å². The molecule has 4 N–H and O–H groups in total. The Kier molecular flexibility index (Phi) is 3.17. The highest BCUT2D eigenvalue weighted by atomic mass is 16.5. The highest BCUT2D eigenvalue weighted by molar-refractivity contribution is 5.99. The summed E-state index contributed by atoms with van der Waals surface area (Å²) in [5.74, 6) is -0.0659. The van der Waals surface area contributed by atoms with Gasteiger partial charge in [-0.25, -0.2) is 0 Å². The topological polar surface area (TPSA) is 81.6 Å². The molecular formula is C13H19N3O2. The quantitative estimate of drug-likeness (QED) is 0.730. The molecule has 0 saturated carbocycles. The molecule has 1 amide bonds. The van der Waals surface area contributed by atoms with Gasteiger partial charge in [0.2, 0.25) is 0 Å². The lowest BCUT2D eigenvalue weighted by Crippen LogP contribution is -2.50. The van der Waals surface area contributed by atoms with E-state index in [1.165, 1.54) is 0 Å². The van der Waals surface area contributed by atoms with Crippen LogP contribution in [0.2, 0.25) is 0 Å². The van der Waals surface area contributed by atoms with Gasteiger partial charge in [-0.05, 0) is 32.0 Å². The van der Waals surface area contributed by atoms with E-state index in [4.69, 9.17) is 16.2 Å². The standard InChI is InChI=1S/C13H19N3O2/c1-13(2)8-16(5-6-18-13)12(17)10-4-3-9(14)7-11(10)15/h3-4,7H,5-6,8,14-15H2,1-2H3. The highest BCUT2D eigenvalue weighted by Crippen LogP contribution is 2.22. The van der Waals surface area contributed by atoms with Crippen LogP contribution in [0.5, 0.6) is 0 Å². The number of hydrogen-bond acceptors (Lipinski definition) is 4. The molecule has 0 atom stereocenters. The number of anilines is 2. The molecule has 1 aliphatic rings. The molecule has 5 nitrogen and oxygen atoms in total. The predicted octanol–water partition coefficient (Wildman–Crippen LogP) is 1.10. The molecule has 0 aliphatic carbocycles. The van der Waals surface area contributed by atoms with E-state index >= 15 is 0 Å². The number of amides is 1. The van der Waals surface area contributed by atoms with Crippen molar-refractivity contribution in [2.45, 2.75) is 19.4 Å². The SMILES string of the molecule is CC1(C)CN(C(=O)c2ccc(N)cc2N)CCO1. The maximum Gasteiger partial charge on any atom is 0.256 e. The van der Waals surface area contributed by atoms with Crippen molar-refractivity contribution >= 4 is 17.3 Å². The van der Waals surface area contributed by atoms with Crippen LogP contribution in [0.4, 0.5) is 11.4 Å². The van der Waals surface area contributed by atoms with E-state index in [-0.39, 0.29) is 11.5 Å². The van der Waals surface area contributed by atoms with Gasteiger partial charge in [0.15, 0.2) is 0 Å². The van der Waals surface area contributed by atoms with E-state index in [0.29, 0.717) is 36.6 Å². The van der Waals surface area contributed by atoms with Crippen molar-refractivity contribution in [1.82, 2.24) is 4.90 Å². The van der Waals surface area contributed by atoms with E-state index in [1.54, 1.807) is 23.1 Å². The van der Waals surface area contributed by atoms with Gasteiger partial charge in [-0.1, -0.05) is 0 Å². The third-order valence-electron chi connectivity index (χ3n) is 3.02. The molecule has 1 aromatic carbocycles. The molecule has 1 heterocycles. The molecule has 1 fully saturated rings. The fourth-order valence-electron chi connectivity index (χ4n) is 2.14. The van der Waals surface area contributed by atoms with Crippen molar-refractivity contribution in [1.29, 1.82) is 0 Å². The fourth-order valence-corrected chi connectivity index (χ4v) is 2.14. The van der Waals surface area contributed by atoms with Gasteiger partial charge in [0.25, 0.3) is 5.91 Å². The van der Waals surface area contributed by atoms with Crippen LogP contribution in [0, 0.1) is 0 Å². The molecular weight excluding hydrogens is 230 g/mol. The van der Waals surface area contributed by atoms with Crippen LogP contribution in [0.1, 0.15) is 24.2 Å². The Bertz CT molecular complexity index is 471. The number of benzene rings is 1. The third kappa shape index (κ3) is 2.56. The summed E-state index contributed by atoms with van der Waals surface area (Å²) >= 11 is 0. The zero-order chi connectivity index (χ0) is 13.3. The van der Waals surface area contributed by atoms with Gasteiger partial charge >= 0.3 is 0 Å². The number of ether oxygens (including phenoxy) is 1. The van der Waals surface area contributed by atoms with Gasteiger partial charge in [-0.2, -0.15) is 0 Å². The monoisotopic (exact) mass is 249 g/mol. The second-order valence-corrected chi connectivity index (χ2v) is 5.18. The van der Waals surface area contributed by atoms with Crippen LogP contribution in [0.25, 0.3) is 0 Å². The van der Waals surface area contributed by atoms with Crippen LogP contribution in [0.15, 0.2) is 18.2 Å². The van der Waals surface area contributed by atoms with Gasteiger partial charge in [-0.15, -0.1) is 0 Å². The summed E-state index contributed by atoms with van der Waals surface area (Å²) in [7, 11) is 0. The minimum Gasteiger partial charge on any atom is -0.399 e. The second kappa shape index (κ2) is 4.49. The summed E-state index contributed by atoms with van der Waals surface area (Å²) in [6.07, 6.45) is 0. The number of carbonyl (C=O) groups is 1. The van der Waals surface area contributed by atoms with Crippen molar-refractivity contribution in [2.75, 3.05) is 31.2 Å². The van der Waals surface area contributed by atoms with Crippen LogP contribution < -0.4 is 11.5 Å². The van der Waals surface area contributed by atoms with Crippen molar-refractivity contribution in [3.63, 3.8) is 0 Å². The number of hydrogen-bond donors (Lipinski definition) is 2. The molecule has 0 spiro atoms. The Morgan fingerprint density at radius 2 is 2.11 bits per heavy atom. The second-order valence-electron chi connectivity index (χ2n) is 5.18. The normalized spacial score (nSPS) is 18.7. The van der Waals surface area contributed by atoms with Crippen LogP contribution in [-0.2, 0) is 4.74 Å². The molecule has 18 heavy (non-hydrogen) atoms. The summed E-state index contributed by atoms with van der Waals surface area (Å²) in [6.45, 7) is 5.65. The molecule has 2 rings (SSSR count). The molecule has 0 aromatic heterocycles. The molecule has 1 saturated heterocycles. The number of rotatable bonds is 1. The summed E-state index contributed by atoms with van der Waals surface area (Å²) in [5, 5.41) is 0. The first-order valence-electron chi connectivity index (χ1n) is 5.97.